The molecule has 0 bridgehead atoms. The molecule has 1 fully saturated rings. The van der Waals surface area contributed by atoms with E-state index < -0.39 is 0 Å². The normalized spacial score (nSPS) is 16.1. The van der Waals surface area contributed by atoms with Crippen LogP contribution in [0.25, 0.3) is 0 Å². The summed E-state index contributed by atoms with van der Waals surface area (Å²) in [5.41, 5.74) is 1.64. The molecule has 0 heterocycles. The van der Waals surface area contributed by atoms with Gasteiger partial charge < -0.3 is 5.32 Å². The average molecular weight is 456 g/mol. The molecule has 4 heteroatoms. The number of amides is 1. The number of hydrogen-bond acceptors (Lipinski definition) is 1. The second kappa shape index (κ2) is 6.08. The zero-order valence-electron chi connectivity index (χ0n) is 11.4. The number of carbonyl (C=O) groups is 1. The van der Waals surface area contributed by atoms with Gasteiger partial charge in [-0.25, -0.2) is 0 Å². The summed E-state index contributed by atoms with van der Waals surface area (Å²) in [5.74, 6) is 0.111. The third-order valence-electron chi connectivity index (χ3n) is 4.16. The van der Waals surface area contributed by atoms with E-state index in [2.05, 4.69) is 56.0 Å². The van der Waals surface area contributed by atoms with Gasteiger partial charge in [0, 0.05) is 8.04 Å². The van der Waals surface area contributed by atoms with Crippen LogP contribution in [0.5, 0.6) is 0 Å². The zero-order chi connectivity index (χ0) is 14.9. The Labute approximate surface area is 146 Å². The third-order valence-corrected chi connectivity index (χ3v) is 5.63. The highest BCUT2D eigenvalue weighted by molar-refractivity contribution is 14.1. The van der Waals surface area contributed by atoms with Crippen LogP contribution in [0.2, 0.25) is 0 Å². The van der Waals surface area contributed by atoms with E-state index in [4.69, 9.17) is 0 Å². The molecule has 0 radical (unpaired) electrons. The minimum absolute atomic E-state index is 0.111. The van der Waals surface area contributed by atoms with Gasteiger partial charge in [0.1, 0.15) is 0 Å². The van der Waals surface area contributed by atoms with E-state index in [0.717, 1.165) is 38.6 Å². The molecule has 0 aliphatic heterocycles. The second-order valence-electron chi connectivity index (χ2n) is 5.38. The van der Waals surface area contributed by atoms with Crippen molar-refractivity contribution in [1.29, 1.82) is 0 Å². The van der Waals surface area contributed by atoms with Gasteiger partial charge in [0.25, 0.3) is 0 Å². The molecular formula is C17H15BrINO. The summed E-state index contributed by atoms with van der Waals surface area (Å²) in [5, 5.41) is 3.11. The maximum Gasteiger partial charge on any atom is 0.235 e. The molecule has 1 N–H and O–H groups in total. The largest absolute Gasteiger partial charge is 0.324 e. The average Bonchev–Trinajstić information content (AvgIpc) is 2.42. The fourth-order valence-electron chi connectivity index (χ4n) is 2.75. The Morgan fingerprint density at radius 2 is 1.76 bits per heavy atom. The summed E-state index contributed by atoms with van der Waals surface area (Å²) in [7, 11) is 0. The first kappa shape index (κ1) is 15.0. The lowest BCUT2D eigenvalue weighted by Gasteiger charge is -2.40. The summed E-state index contributed by atoms with van der Waals surface area (Å²) in [4.78, 5) is 12.8. The minimum atomic E-state index is -0.361. The highest BCUT2D eigenvalue weighted by atomic mass is 127. The van der Waals surface area contributed by atoms with E-state index in [-0.39, 0.29) is 11.3 Å². The summed E-state index contributed by atoms with van der Waals surface area (Å²) >= 11 is 5.70. The molecule has 1 aliphatic rings. The molecule has 0 saturated heterocycles. The fraction of sp³-hybridized carbons (Fsp3) is 0.235. The number of halogens is 2. The first-order valence-corrected chi connectivity index (χ1v) is 8.81. The van der Waals surface area contributed by atoms with E-state index in [0.29, 0.717) is 0 Å². The van der Waals surface area contributed by atoms with E-state index >= 15 is 0 Å². The smallest absolute Gasteiger partial charge is 0.235 e. The zero-order valence-corrected chi connectivity index (χ0v) is 15.1. The van der Waals surface area contributed by atoms with Crippen LogP contribution in [-0.2, 0) is 10.2 Å². The highest BCUT2D eigenvalue weighted by Gasteiger charge is 2.45. The van der Waals surface area contributed by atoms with Crippen LogP contribution in [-0.4, -0.2) is 5.91 Å². The molecule has 108 valence electrons. The van der Waals surface area contributed by atoms with Gasteiger partial charge in [-0.15, -0.1) is 0 Å². The molecule has 3 rings (SSSR count). The van der Waals surface area contributed by atoms with Crippen LogP contribution in [0.1, 0.15) is 24.8 Å². The Kier molecular flexibility index (Phi) is 4.36. The Morgan fingerprint density at radius 1 is 1.10 bits per heavy atom. The summed E-state index contributed by atoms with van der Waals surface area (Å²) in [6.07, 6.45) is 2.95. The topological polar surface area (TPSA) is 29.1 Å². The van der Waals surface area contributed by atoms with Crippen LogP contribution in [0, 0.1) is 3.57 Å². The Hall–Kier alpha value is -0.880. The van der Waals surface area contributed by atoms with Crippen molar-refractivity contribution in [3.63, 3.8) is 0 Å². The van der Waals surface area contributed by atoms with Crippen molar-refractivity contribution < 1.29 is 4.79 Å². The van der Waals surface area contributed by atoms with Gasteiger partial charge in [-0.1, -0.05) is 46.6 Å². The van der Waals surface area contributed by atoms with Gasteiger partial charge >= 0.3 is 0 Å². The van der Waals surface area contributed by atoms with E-state index in [9.17, 15) is 4.79 Å². The summed E-state index contributed by atoms with van der Waals surface area (Å²) in [6.45, 7) is 0. The summed E-state index contributed by atoms with van der Waals surface area (Å²) in [6, 6.07) is 16.0. The molecule has 2 aromatic rings. The predicted octanol–water partition coefficient (Wildman–Crippen LogP) is 5.11. The Balaban J connectivity index is 1.87. The van der Waals surface area contributed by atoms with Crippen molar-refractivity contribution >= 4 is 50.1 Å². The van der Waals surface area contributed by atoms with Crippen LogP contribution in [0.15, 0.2) is 53.0 Å². The van der Waals surface area contributed by atoms with Crippen molar-refractivity contribution in [2.45, 2.75) is 24.7 Å². The summed E-state index contributed by atoms with van der Waals surface area (Å²) < 4.78 is 2.10. The van der Waals surface area contributed by atoms with Crippen LogP contribution < -0.4 is 5.32 Å². The third kappa shape index (κ3) is 2.88. The van der Waals surface area contributed by atoms with Crippen molar-refractivity contribution in [3.05, 3.63) is 62.1 Å². The molecule has 0 aromatic heterocycles. The van der Waals surface area contributed by atoms with Crippen molar-refractivity contribution in [2.24, 2.45) is 0 Å². The second-order valence-corrected chi connectivity index (χ2v) is 7.45. The maximum absolute atomic E-state index is 12.8. The van der Waals surface area contributed by atoms with Crippen molar-refractivity contribution in [2.75, 3.05) is 5.32 Å². The van der Waals surface area contributed by atoms with E-state index in [1.54, 1.807) is 0 Å². The quantitative estimate of drug-likeness (QED) is 0.640. The molecule has 2 aromatic carbocycles. The Morgan fingerprint density at radius 3 is 2.33 bits per heavy atom. The maximum atomic E-state index is 12.8. The van der Waals surface area contributed by atoms with Crippen LogP contribution >= 0.6 is 38.5 Å². The number of nitrogens with one attached hydrogen (secondary N) is 1. The van der Waals surface area contributed by atoms with Gasteiger partial charge in [0.05, 0.1) is 11.1 Å². The highest BCUT2D eigenvalue weighted by Crippen LogP contribution is 2.45. The molecule has 0 atom stereocenters. The van der Waals surface area contributed by atoms with Crippen LogP contribution in [0.4, 0.5) is 5.69 Å². The molecule has 2 nitrogen and oxygen atoms in total. The SMILES string of the molecule is O=C(Nc1ccccc1I)C1(c2ccc(Br)cc2)CCC1. The van der Waals surface area contributed by atoms with Crippen LogP contribution in [0.3, 0.4) is 0 Å². The Bertz CT molecular complexity index is 665. The number of para-hydroxylation sites is 1. The van der Waals surface area contributed by atoms with Gasteiger partial charge in [-0.3, -0.25) is 4.79 Å². The lowest BCUT2D eigenvalue weighted by Crippen LogP contribution is -2.46. The molecular weight excluding hydrogens is 441 g/mol. The number of carbonyl (C=O) groups excluding carboxylic acids is 1. The number of rotatable bonds is 3. The first-order valence-electron chi connectivity index (χ1n) is 6.94. The fourth-order valence-corrected chi connectivity index (χ4v) is 3.54. The first-order chi connectivity index (χ1) is 10.1. The molecule has 0 unspecified atom stereocenters. The predicted molar refractivity (Wildman–Crippen MR) is 97.5 cm³/mol. The van der Waals surface area contributed by atoms with Crippen molar-refractivity contribution in [3.8, 4) is 0 Å². The number of benzene rings is 2. The van der Waals surface area contributed by atoms with E-state index in [1.165, 1.54) is 0 Å². The molecule has 21 heavy (non-hydrogen) atoms. The number of hydrogen-bond donors (Lipinski definition) is 1. The molecule has 1 amide bonds. The lowest BCUT2D eigenvalue weighted by molar-refractivity contribution is -0.124. The minimum Gasteiger partial charge on any atom is -0.324 e. The van der Waals surface area contributed by atoms with Gasteiger partial charge in [0.2, 0.25) is 5.91 Å². The number of anilines is 1. The van der Waals surface area contributed by atoms with Gasteiger partial charge in [0.15, 0.2) is 0 Å². The monoisotopic (exact) mass is 455 g/mol. The lowest BCUT2D eigenvalue weighted by atomic mass is 9.64. The van der Waals surface area contributed by atoms with E-state index in [1.807, 2.05) is 36.4 Å². The standard InChI is InChI=1S/C17H15BrINO/c18-13-8-6-12(7-9-13)17(10-3-11-17)16(21)20-15-5-2-1-4-14(15)19/h1-2,4-9H,3,10-11H2,(H,20,21). The molecule has 1 aliphatic carbocycles. The molecule has 1 saturated carbocycles. The van der Waals surface area contributed by atoms with Crippen molar-refractivity contribution in [1.82, 2.24) is 0 Å². The van der Waals surface area contributed by atoms with Gasteiger partial charge in [-0.05, 0) is 65.3 Å². The van der Waals surface area contributed by atoms with Gasteiger partial charge in [-0.2, -0.15) is 0 Å². The molecule has 0 spiro atoms.